The Hall–Kier alpha value is 0.0800. The minimum Gasteiger partial charge on any atom is -0.326 e. The average Bonchev–Trinajstić information content (AvgIpc) is 2.63. The molecule has 2 aromatic heterocycles. The van der Waals surface area contributed by atoms with Gasteiger partial charge in [-0.15, -0.1) is 0 Å². The predicted molar refractivity (Wildman–Crippen MR) is 87.4 cm³/mol. The molecule has 0 aromatic carbocycles. The Labute approximate surface area is 129 Å². The van der Waals surface area contributed by atoms with Crippen LogP contribution in [0, 0.1) is 9.62 Å². The van der Waals surface area contributed by atoms with E-state index in [-0.39, 0.29) is 0 Å². The molecule has 3 nitrogen and oxygen atoms in total. The second kappa shape index (κ2) is 5.81. The van der Waals surface area contributed by atoms with Crippen LogP contribution in [0.2, 0.25) is 0 Å². The lowest BCUT2D eigenvalue weighted by molar-refractivity contribution is 0.517. The number of pyridine rings is 1. The summed E-state index contributed by atoms with van der Waals surface area (Å²) in [6, 6.07) is 4.18. The molecule has 0 amide bonds. The largest absolute Gasteiger partial charge is 0.326 e. The molecule has 0 fully saturated rings. The van der Waals surface area contributed by atoms with Gasteiger partial charge in [0, 0.05) is 6.54 Å². The summed E-state index contributed by atoms with van der Waals surface area (Å²) in [4.78, 5) is 9.09. The van der Waals surface area contributed by atoms with Crippen molar-refractivity contribution in [2.75, 3.05) is 0 Å². The Morgan fingerprint density at radius 1 is 1.29 bits per heavy atom. The van der Waals surface area contributed by atoms with Gasteiger partial charge in [-0.3, -0.25) is 0 Å². The lowest BCUT2D eigenvalue weighted by Gasteiger charge is -2.09. The van der Waals surface area contributed by atoms with Gasteiger partial charge < -0.3 is 4.57 Å². The van der Waals surface area contributed by atoms with Crippen LogP contribution in [0.5, 0.6) is 0 Å². The first-order chi connectivity index (χ1) is 8.11. The van der Waals surface area contributed by atoms with Crippen molar-refractivity contribution >= 4 is 56.3 Å². The highest BCUT2D eigenvalue weighted by atomic mass is 127. The van der Waals surface area contributed by atoms with Crippen molar-refractivity contribution in [3.05, 3.63) is 21.7 Å². The summed E-state index contributed by atoms with van der Waals surface area (Å²) in [5.41, 5.74) is 2.05. The normalized spacial score (nSPS) is 11.6. The van der Waals surface area contributed by atoms with Gasteiger partial charge in [0.25, 0.3) is 0 Å². The van der Waals surface area contributed by atoms with Crippen LogP contribution in [0.15, 0.2) is 12.1 Å². The van der Waals surface area contributed by atoms with Gasteiger partial charge in [-0.25, -0.2) is 9.97 Å². The molecule has 0 bridgehead atoms. The number of aryl methyl sites for hydroxylation is 1. The Kier molecular flexibility index (Phi) is 4.62. The Bertz CT molecular complexity index is 520. The molecule has 0 spiro atoms. The summed E-state index contributed by atoms with van der Waals surface area (Å²) in [6.45, 7) is 5.54. The van der Waals surface area contributed by atoms with Crippen LogP contribution in [-0.4, -0.2) is 14.5 Å². The molecule has 0 radical (unpaired) electrons. The summed E-state index contributed by atoms with van der Waals surface area (Å²) in [5.74, 6) is 1.85. The van der Waals surface area contributed by atoms with Crippen molar-refractivity contribution in [3.63, 3.8) is 0 Å². The topological polar surface area (TPSA) is 30.7 Å². The molecule has 0 unspecified atom stereocenters. The van der Waals surface area contributed by atoms with Crippen LogP contribution in [0.3, 0.4) is 0 Å². The third-order valence-corrected chi connectivity index (χ3v) is 3.99. The van der Waals surface area contributed by atoms with E-state index in [2.05, 4.69) is 79.6 Å². The summed E-state index contributed by atoms with van der Waals surface area (Å²) < 4.78 is 4.25. The zero-order chi connectivity index (χ0) is 12.4. The smallest absolute Gasteiger partial charge is 0.178 e. The van der Waals surface area contributed by atoms with E-state index in [9.17, 15) is 0 Å². The van der Waals surface area contributed by atoms with E-state index in [1.807, 2.05) is 6.07 Å². The molecule has 0 aliphatic rings. The highest BCUT2D eigenvalue weighted by Crippen LogP contribution is 2.19. The molecule has 0 atom stereocenters. The van der Waals surface area contributed by atoms with Crippen molar-refractivity contribution in [1.29, 1.82) is 0 Å². The molecule has 0 N–H and O–H groups in total. The van der Waals surface area contributed by atoms with E-state index >= 15 is 0 Å². The van der Waals surface area contributed by atoms with Gasteiger partial charge in [0.2, 0.25) is 0 Å². The van der Waals surface area contributed by atoms with Crippen LogP contribution in [-0.2, 0) is 11.0 Å². The monoisotopic (exact) mass is 455 g/mol. The molecule has 0 aliphatic heterocycles. The highest BCUT2D eigenvalue weighted by Gasteiger charge is 2.11. The molecule has 2 aromatic rings. The number of alkyl halides is 1. The fraction of sp³-hybridized carbons (Fsp3) is 0.500. The van der Waals surface area contributed by atoms with Crippen LogP contribution >= 0.6 is 45.2 Å². The van der Waals surface area contributed by atoms with E-state index in [0.29, 0.717) is 5.92 Å². The first-order valence-corrected chi connectivity index (χ1v) is 8.30. The molecular formula is C12H15I2N3. The zero-order valence-corrected chi connectivity index (χ0v) is 14.3. The zero-order valence-electron chi connectivity index (χ0n) is 9.95. The first-order valence-electron chi connectivity index (χ1n) is 5.69. The summed E-state index contributed by atoms with van der Waals surface area (Å²) in [5, 5.41) is 0. The first kappa shape index (κ1) is 13.5. The Morgan fingerprint density at radius 2 is 2.06 bits per heavy atom. The molecule has 2 heterocycles. The summed E-state index contributed by atoms with van der Waals surface area (Å²) in [6.07, 6.45) is 1.18. The average molecular weight is 455 g/mol. The Morgan fingerprint density at radius 3 is 2.71 bits per heavy atom. The van der Waals surface area contributed by atoms with Crippen LogP contribution in [0.1, 0.15) is 26.1 Å². The van der Waals surface area contributed by atoms with E-state index in [1.54, 1.807) is 0 Å². The maximum absolute atomic E-state index is 4.61. The minimum atomic E-state index is 0.714. The summed E-state index contributed by atoms with van der Waals surface area (Å²) >= 11 is 4.60. The van der Waals surface area contributed by atoms with Gasteiger partial charge in [0.15, 0.2) is 5.65 Å². The number of nitrogens with zero attached hydrogens (tertiary/aromatic N) is 3. The van der Waals surface area contributed by atoms with Crippen molar-refractivity contribution in [1.82, 2.24) is 14.5 Å². The number of aromatic nitrogens is 3. The van der Waals surface area contributed by atoms with Crippen LogP contribution < -0.4 is 0 Å². The number of imidazole rings is 1. The lowest BCUT2D eigenvalue weighted by Crippen LogP contribution is -2.04. The molecule has 17 heavy (non-hydrogen) atoms. The van der Waals surface area contributed by atoms with Crippen LogP contribution in [0.4, 0.5) is 0 Å². The number of fused-ring (bicyclic) bond motifs is 1. The van der Waals surface area contributed by atoms with Gasteiger partial charge in [0.1, 0.15) is 9.53 Å². The van der Waals surface area contributed by atoms with Gasteiger partial charge in [-0.05, 0) is 47.1 Å². The van der Waals surface area contributed by atoms with Crippen LogP contribution in [0.25, 0.3) is 11.2 Å². The summed E-state index contributed by atoms with van der Waals surface area (Å²) in [7, 11) is 0. The maximum Gasteiger partial charge on any atom is 0.178 e. The predicted octanol–water partition coefficient (Wildman–Crippen LogP) is 4.02. The van der Waals surface area contributed by atoms with E-state index < -0.39 is 0 Å². The van der Waals surface area contributed by atoms with Gasteiger partial charge in [-0.2, -0.15) is 0 Å². The van der Waals surface area contributed by atoms with Crippen molar-refractivity contribution in [2.24, 2.45) is 5.92 Å². The quantitative estimate of drug-likeness (QED) is 0.397. The number of halogens is 2. The lowest BCUT2D eigenvalue weighted by atomic mass is 10.1. The standard InChI is InChI=1S/C12H15I2N3/c1-8(2)5-6-17-9-3-4-10(14)15-12(9)16-11(17)7-13/h3-4,8H,5-7H2,1-2H3. The van der Waals surface area contributed by atoms with E-state index in [0.717, 1.165) is 31.7 Å². The van der Waals surface area contributed by atoms with Gasteiger partial charge in [0.05, 0.1) is 9.94 Å². The highest BCUT2D eigenvalue weighted by molar-refractivity contribution is 14.1. The second-order valence-corrected chi connectivity index (χ2v) is 6.34. The molecule has 92 valence electrons. The maximum atomic E-state index is 4.61. The fourth-order valence-electron chi connectivity index (χ4n) is 1.77. The van der Waals surface area contributed by atoms with Gasteiger partial charge in [-0.1, -0.05) is 36.4 Å². The minimum absolute atomic E-state index is 0.714. The van der Waals surface area contributed by atoms with E-state index in [1.165, 1.54) is 6.42 Å². The van der Waals surface area contributed by atoms with Crippen molar-refractivity contribution in [3.8, 4) is 0 Å². The molecule has 0 saturated carbocycles. The molecular weight excluding hydrogens is 440 g/mol. The number of hydrogen-bond acceptors (Lipinski definition) is 2. The Balaban J connectivity index is 2.43. The molecule has 5 heteroatoms. The number of hydrogen-bond donors (Lipinski definition) is 0. The molecule has 2 rings (SSSR count). The van der Waals surface area contributed by atoms with Gasteiger partial charge >= 0.3 is 0 Å². The third-order valence-electron chi connectivity index (χ3n) is 2.71. The van der Waals surface area contributed by atoms with Crippen molar-refractivity contribution < 1.29 is 0 Å². The second-order valence-electron chi connectivity index (χ2n) is 4.47. The fourth-order valence-corrected chi connectivity index (χ4v) is 2.76. The molecule has 0 aliphatic carbocycles. The van der Waals surface area contributed by atoms with Crippen molar-refractivity contribution in [2.45, 2.75) is 31.2 Å². The SMILES string of the molecule is CC(C)CCn1c(CI)nc2nc(I)ccc21. The van der Waals surface area contributed by atoms with E-state index in [4.69, 9.17) is 0 Å². The number of rotatable bonds is 4. The molecule has 0 saturated heterocycles. The third kappa shape index (κ3) is 3.10.